The molecule has 1 amide bonds. The minimum atomic E-state index is -0.815. The lowest BCUT2D eigenvalue weighted by atomic mass is 9.75. The molecule has 2 aliphatic rings. The van der Waals surface area contributed by atoms with Crippen LogP contribution < -0.4 is 5.32 Å². The van der Waals surface area contributed by atoms with Crippen LogP contribution in [-0.4, -0.2) is 34.1 Å². The zero-order chi connectivity index (χ0) is 18.4. The van der Waals surface area contributed by atoms with Gasteiger partial charge >= 0.3 is 11.9 Å². The standard InChI is InChI=1S/C19H31NO5/c1-2-6-14(17(23)24)12-19(9-3-4-10-19)18(25)20-15-8-5-7-13(11-15)16(21)22/h13-15H,2-12H2,1H3,(H,20,25)(H,21,22)(H,23,24)/t13-,14?,15+/m0/s1. The Balaban J connectivity index is 2.04. The van der Waals surface area contributed by atoms with E-state index in [9.17, 15) is 24.6 Å². The molecule has 0 saturated heterocycles. The maximum Gasteiger partial charge on any atom is 0.306 e. The normalized spacial score (nSPS) is 26.8. The summed E-state index contributed by atoms with van der Waals surface area (Å²) in [7, 11) is 0. The lowest BCUT2D eigenvalue weighted by Gasteiger charge is -2.34. The Morgan fingerprint density at radius 1 is 1.12 bits per heavy atom. The summed E-state index contributed by atoms with van der Waals surface area (Å²) in [5.41, 5.74) is -0.589. The van der Waals surface area contributed by atoms with E-state index < -0.39 is 23.3 Å². The number of carbonyl (C=O) groups excluding carboxylic acids is 1. The SMILES string of the molecule is CCCC(CC1(C(=O)N[C@@H]2CCC[C@H](C(=O)O)C2)CCCC1)C(=O)O. The highest BCUT2D eigenvalue weighted by molar-refractivity contribution is 5.84. The second kappa shape index (κ2) is 8.68. The summed E-state index contributed by atoms with van der Waals surface area (Å²) in [4.78, 5) is 35.8. The third-order valence-corrected chi connectivity index (χ3v) is 6.02. The summed E-state index contributed by atoms with van der Waals surface area (Å²) in [5, 5.41) is 21.8. The van der Waals surface area contributed by atoms with Gasteiger partial charge in [-0.05, 0) is 44.9 Å². The first-order chi connectivity index (χ1) is 11.9. The molecule has 2 rings (SSSR count). The molecule has 1 unspecified atom stereocenters. The van der Waals surface area contributed by atoms with E-state index in [1.807, 2.05) is 6.92 Å². The Morgan fingerprint density at radius 2 is 1.80 bits per heavy atom. The molecule has 3 atom stereocenters. The topological polar surface area (TPSA) is 104 Å². The number of nitrogens with one attached hydrogen (secondary N) is 1. The highest BCUT2D eigenvalue weighted by atomic mass is 16.4. The molecule has 0 aliphatic heterocycles. The highest BCUT2D eigenvalue weighted by Crippen LogP contribution is 2.44. The Kier molecular flexibility index (Phi) is 6.85. The first kappa shape index (κ1) is 19.7. The molecule has 6 nitrogen and oxygen atoms in total. The first-order valence-corrected chi connectivity index (χ1v) is 9.64. The van der Waals surface area contributed by atoms with Crippen LogP contribution in [0.2, 0.25) is 0 Å². The minimum absolute atomic E-state index is 0.0524. The van der Waals surface area contributed by atoms with Crippen LogP contribution in [0, 0.1) is 17.3 Å². The predicted octanol–water partition coefficient (Wildman–Crippen LogP) is 3.20. The minimum Gasteiger partial charge on any atom is -0.481 e. The zero-order valence-corrected chi connectivity index (χ0v) is 15.1. The van der Waals surface area contributed by atoms with Gasteiger partial charge in [0, 0.05) is 6.04 Å². The number of amides is 1. The summed E-state index contributed by atoms with van der Waals surface area (Å²) in [5.74, 6) is -2.52. The molecule has 0 aromatic rings. The molecule has 2 aliphatic carbocycles. The van der Waals surface area contributed by atoms with E-state index in [1.54, 1.807) is 0 Å². The number of carbonyl (C=O) groups is 3. The summed E-state index contributed by atoms with van der Waals surface area (Å²) < 4.78 is 0. The van der Waals surface area contributed by atoms with Crippen LogP contribution in [0.15, 0.2) is 0 Å². The van der Waals surface area contributed by atoms with Crippen LogP contribution in [0.3, 0.4) is 0 Å². The monoisotopic (exact) mass is 353 g/mol. The molecule has 0 aromatic carbocycles. The van der Waals surface area contributed by atoms with E-state index in [0.717, 1.165) is 44.9 Å². The fourth-order valence-corrected chi connectivity index (χ4v) is 4.59. The Bertz CT molecular complexity index is 498. The summed E-state index contributed by atoms with van der Waals surface area (Å²) in [6.45, 7) is 1.96. The second-order valence-corrected chi connectivity index (χ2v) is 7.89. The van der Waals surface area contributed by atoms with E-state index in [4.69, 9.17) is 0 Å². The predicted molar refractivity (Wildman–Crippen MR) is 93.1 cm³/mol. The van der Waals surface area contributed by atoms with Crippen molar-refractivity contribution in [1.29, 1.82) is 0 Å². The molecular weight excluding hydrogens is 322 g/mol. The third-order valence-electron chi connectivity index (χ3n) is 6.02. The Labute approximate surface area is 149 Å². The average Bonchev–Trinajstić information content (AvgIpc) is 3.04. The summed E-state index contributed by atoms with van der Waals surface area (Å²) >= 11 is 0. The van der Waals surface area contributed by atoms with Gasteiger partial charge in [-0.25, -0.2) is 0 Å². The van der Waals surface area contributed by atoms with E-state index >= 15 is 0 Å². The van der Waals surface area contributed by atoms with Crippen LogP contribution in [0.25, 0.3) is 0 Å². The van der Waals surface area contributed by atoms with E-state index in [-0.39, 0.29) is 17.9 Å². The molecular formula is C19H31NO5. The molecule has 2 fully saturated rings. The van der Waals surface area contributed by atoms with E-state index in [1.165, 1.54) is 0 Å². The average molecular weight is 353 g/mol. The maximum atomic E-state index is 13.0. The maximum absolute atomic E-state index is 13.0. The molecule has 25 heavy (non-hydrogen) atoms. The quantitative estimate of drug-likeness (QED) is 0.622. The van der Waals surface area contributed by atoms with Crippen LogP contribution in [0.5, 0.6) is 0 Å². The second-order valence-electron chi connectivity index (χ2n) is 7.89. The largest absolute Gasteiger partial charge is 0.481 e. The number of rotatable bonds is 8. The molecule has 2 saturated carbocycles. The number of hydrogen-bond acceptors (Lipinski definition) is 3. The molecule has 0 spiro atoms. The molecule has 6 heteroatoms. The van der Waals surface area contributed by atoms with Gasteiger partial charge < -0.3 is 15.5 Å². The number of carboxylic acids is 2. The van der Waals surface area contributed by atoms with Crippen molar-refractivity contribution in [1.82, 2.24) is 5.32 Å². The third kappa shape index (κ3) is 4.95. The van der Waals surface area contributed by atoms with Crippen molar-refractivity contribution in [3.8, 4) is 0 Å². The number of aliphatic carboxylic acids is 2. The fraction of sp³-hybridized carbons (Fsp3) is 0.842. The van der Waals surface area contributed by atoms with Crippen molar-refractivity contribution in [2.45, 2.75) is 83.6 Å². The van der Waals surface area contributed by atoms with Crippen LogP contribution >= 0.6 is 0 Å². The number of hydrogen-bond donors (Lipinski definition) is 3. The molecule has 0 bridgehead atoms. The smallest absolute Gasteiger partial charge is 0.306 e. The summed E-state index contributed by atoms with van der Waals surface area (Å²) in [6.07, 6.45) is 7.93. The number of carboxylic acid groups (broad SMARTS) is 2. The van der Waals surface area contributed by atoms with Crippen LogP contribution in [0.4, 0.5) is 0 Å². The van der Waals surface area contributed by atoms with Gasteiger partial charge in [-0.15, -0.1) is 0 Å². The van der Waals surface area contributed by atoms with Crippen molar-refractivity contribution in [3.05, 3.63) is 0 Å². The molecule has 0 aromatic heterocycles. The molecule has 3 N–H and O–H groups in total. The van der Waals surface area contributed by atoms with Gasteiger partial charge in [-0.2, -0.15) is 0 Å². The van der Waals surface area contributed by atoms with E-state index in [2.05, 4.69) is 5.32 Å². The Morgan fingerprint density at radius 3 is 2.36 bits per heavy atom. The van der Waals surface area contributed by atoms with Gasteiger partial charge in [0.05, 0.1) is 17.3 Å². The van der Waals surface area contributed by atoms with Gasteiger partial charge in [0.2, 0.25) is 5.91 Å². The van der Waals surface area contributed by atoms with Crippen molar-refractivity contribution in [2.75, 3.05) is 0 Å². The zero-order valence-electron chi connectivity index (χ0n) is 15.1. The van der Waals surface area contributed by atoms with Crippen LogP contribution in [-0.2, 0) is 14.4 Å². The summed E-state index contributed by atoms with van der Waals surface area (Å²) in [6, 6.07) is -0.103. The van der Waals surface area contributed by atoms with Crippen molar-refractivity contribution >= 4 is 17.8 Å². The lowest BCUT2D eigenvalue weighted by molar-refractivity contribution is -0.146. The van der Waals surface area contributed by atoms with E-state index in [0.29, 0.717) is 25.7 Å². The Hall–Kier alpha value is -1.59. The van der Waals surface area contributed by atoms with Crippen molar-refractivity contribution < 1.29 is 24.6 Å². The van der Waals surface area contributed by atoms with Gasteiger partial charge in [0.1, 0.15) is 0 Å². The molecule has 0 heterocycles. The highest BCUT2D eigenvalue weighted by Gasteiger charge is 2.44. The first-order valence-electron chi connectivity index (χ1n) is 9.64. The van der Waals surface area contributed by atoms with Gasteiger partial charge in [-0.3, -0.25) is 14.4 Å². The van der Waals surface area contributed by atoms with Gasteiger partial charge in [0.15, 0.2) is 0 Å². The van der Waals surface area contributed by atoms with Crippen molar-refractivity contribution in [3.63, 3.8) is 0 Å². The molecule has 0 radical (unpaired) electrons. The van der Waals surface area contributed by atoms with Crippen LogP contribution in [0.1, 0.15) is 77.6 Å². The van der Waals surface area contributed by atoms with Crippen molar-refractivity contribution in [2.24, 2.45) is 17.3 Å². The van der Waals surface area contributed by atoms with Gasteiger partial charge in [0.25, 0.3) is 0 Å². The lowest BCUT2D eigenvalue weighted by Crippen LogP contribution is -2.47. The molecule has 142 valence electrons. The fourth-order valence-electron chi connectivity index (χ4n) is 4.59. The van der Waals surface area contributed by atoms with Gasteiger partial charge in [-0.1, -0.05) is 32.6 Å².